The molecule has 2 rings (SSSR count). The van der Waals surface area contributed by atoms with Gasteiger partial charge in [-0.1, -0.05) is 42.5 Å². The van der Waals surface area contributed by atoms with Crippen molar-refractivity contribution in [1.29, 1.82) is 0 Å². The SMILES string of the molecule is Cc1cccc(NC(=O)C(=O)NCCCCc2ccccc2)c1. The summed E-state index contributed by atoms with van der Waals surface area (Å²) in [5.74, 6) is -1.22. The average molecular weight is 310 g/mol. The van der Waals surface area contributed by atoms with Gasteiger partial charge in [-0.25, -0.2) is 0 Å². The van der Waals surface area contributed by atoms with Crippen LogP contribution in [0.2, 0.25) is 0 Å². The number of hydrogen-bond acceptors (Lipinski definition) is 2. The number of nitrogens with one attached hydrogen (secondary N) is 2. The molecule has 0 atom stereocenters. The number of anilines is 1. The molecule has 2 aromatic rings. The molecule has 0 fully saturated rings. The minimum atomic E-state index is -0.626. The third-order valence-electron chi connectivity index (χ3n) is 3.50. The molecule has 4 heteroatoms. The minimum absolute atomic E-state index is 0.507. The lowest BCUT2D eigenvalue weighted by Gasteiger charge is -2.07. The van der Waals surface area contributed by atoms with Crippen molar-refractivity contribution in [3.63, 3.8) is 0 Å². The summed E-state index contributed by atoms with van der Waals surface area (Å²) in [5.41, 5.74) is 2.95. The van der Waals surface area contributed by atoms with Gasteiger partial charge in [-0.05, 0) is 49.4 Å². The maximum Gasteiger partial charge on any atom is 0.313 e. The van der Waals surface area contributed by atoms with Crippen molar-refractivity contribution < 1.29 is 9.59 Å². The molecule has 0 unspecified atom stereocenters. The van der Waals surface area contributed by atoms with E-state index in [1.165, 1.54) is 5.56 Å². The molecule has 0 saturated carbocycles. The van der Waals surface area contributed by atoms with Gasteiger partial charge < -0.3 is 10.6 Å². The largest absolute Gasteiger partial charge is 0.348 e. The molecule has 0 radical (unpaired) electrons. The van der Waals surface area contributed by atoms with Gasteiger partial charge in [-0.3, -0.25) is 9.59 Å². The first kappa shape index (κ1) is 16.7. The van der Waals surface area contributed by atoms with Crippen molar-refractivity contribution in [1.82, 2.24) is 5.32 Å². The molecule has 4 nitrogen and oxygen atoms in total. The second-order valence-corrected chi connectivity index (χ2v) is 5.52. The number of benzene rings is 2. The van der Waals surface area contributed by atoms with Crippen molar-refractivity contribution >= 4 is 17.5 Å². The molecule has 0 aliphatic heterocycles. The molecular formula is C19H22N2O2. The van der Waals surface area contributed by atoms with Gasteiger partial charge in [-0.2, -0.15) is 0 Å². The molecule has 23 heavy (non-hydrogen) atoms. The van der Waals surface area contributed by atoms with E-state index in [4.69, 9.17) is 0 Å². The van der Waals surface area contributed by atoms with Crippen LogP contribution in [0.5, 0.6) is 0 Å². The Bertz CT molecular complexity index is 653. The summed E-state index contributed by atoms with van der Waals surface area (Å²) in [4.78, 5) is 23.5. The zero-order valence-corrected chi connectivity index (χ0v) is 13.3. The second kappa shape index (κ2) is 8.73. The Balaban J connectivity index is 1.65. The van der Waals surface area contributed by atoms with Crippen LogP contribution >= 0.6 is 0 Å². The van der Waals surface area contributed by atoms with E-state index in [0.717, 1.165) is 24.8 Å². The summed E-state index contributed by atoms with van der Waals surface area (Å²) < 4.78 is 0. The van der Waals surface area contributed by atoms with Gasteiger partial charge in [0.2, 0.25) is 0 Å². The van der Waals surface area contributed by atoms with E-state index in [2.05, 4.69) is 22.8 Å². The van der Waals surface area contributed by atoms with Gasteiger partial charge in [0.15, 0.2) is 0 Å². The van der Waals surface area contributed by atoms with Crippen LogP contribution in [0.15, 0.2) is 54.6 Å². The van der Waals surface area contributed by atoms with Crippen LogP contribution in [0.4, 0.5) is 5.69 Å². The van der Waals surface area contributed by atoms with E-state index in [0.29, 0.717) is 12.2 Å². The molecule has 2 N–H and O–H groups in total. The molecule has 0 bridgehead atoms. The predicted octanol–water partition coefficient (Wildman–Crippen LogP) is 3.07. The fourth-order valence-corrected chi connectivity index (χ4v) is 2.29. The van der Waals surface area contributed by atoms with Gasteiger partial charge in [0.25, 0.3) is 0 Å². The van der Waals surface area contributed by atoms with Crippen LogP contribution in [0.3, 0.4) is 0 Å². The quantitative estimate of drug-likeness (QED) is 0.636. The number of carbonyl (C=O) groups is 2. The molecule has 120 valence electrons. The molecule has 2 amide bonds. The highest BCUT2D eigenvalue weighted by Gasteiger charge is 2.12. The van der Waals surface area contributed by atoms with Gasteiger partial charge in [0.05, 0.1) is 0 Å². The average Bonchev–Trinajstić information content (AvgIpc) is 2.55. The Kier molecular flexibility index (Phi) is 6.36. The summed E-state index contributed by atoms with van der Waals surface area (Å²) in [7, 11) is 0. The summed E-state index contributed by atoms with van der Waals surface area (Å²) in [6.07, 6.45) is 2.80. The van der Waals surface area contributed by atoms with Crippen LogP contribution in [0, 0.1) is 6.92 Å². The van der Waals surface area contributed by atoms with Gasteiger partial charge in [-0.15, -0.1) is 0 Å². The minimum Gasteiger partial charge on any atom is -0.348 e. The molecule has 0 aromatic heterocycles. The first-order chi connectivity index (χ1) is 11.1. The monoisotopic (exact) mass is 310 g/mol. The Morgan fingerprint density at radius 3 is 2.43 bits per heavy atom. The Morgan fingerprint density at radius 1 is 0.913 bits per heavy atom. The zero-order chi connectivity index (χ0) is 16.5. The fraction of sp³-hybridized carbons (Fsp3) is 0.263. The second-order valence-electron chi connectivity index (χ2n) is 5.52. The smallest absolute Gasteiger partial charge is 0.313 e. The van der Waals surface area contributed by atoms with Crippen LogP contribution in [0.25, 0.3) is 0 Å². The molecular weight excluding hydrogens is 288 g/mol. The third-order valence-corrected chi connectivity index (χ3v) is 3.50. The summed E-state index contributed by atoms with van der Waals surface area (Å²) in [5, 5.41) is 5.25. The number of hydrogen-bond donors (Lipinski definition) is 2. The van der Waals surface area contributed by atoms with Crippen LogP contribution in [-0.4, -0.2) is 18.4 Å². The van der Waals surface area contributed by atoms with Crippen LogP contribution in [0.1, 0.15) is 24.0 Å². The lowest BCUT2D eigenvalue weighted by atomic mass is 10.1. The van der Waals surface area contributed by atoms with E-state index < -0.39 is 11.8 Å². The normalized spacial score (nSPS) is 10.1. The lowest BCUT2D eigenvalue weighted by molar-refractivity contribution is -0.136. The molecule has 0 aliphatic rings. The molecule has 0 saturated heterocycles. The van der Waals surface area contributed by atoms with E-state index in [-0.39, 0.29) is 0 Å². The number of rotatable bonds is 6. The summed E-state index contributed by atoms with van der Waals surface area (Å²) >= 11 is 0. The number of carbonyl (C=O) groups excluding carboxylic acids is 2. The van der Waals surface area contributed by atoms with Gasteiger partial charge in [0.1, 0.15) is 0 Å². The molecule has 2 aromatic carbocycles. The van der Waals surface area contributed by atoms with Gasteiger partial charge >= 0.3 is 11.8 Å². The zero-order valence-electron chi connectivity index (χ0n) is 13.3. The van der Waals surface area contributed by atoms with Crippen molar-refractivity contribution in [2.24, 2.45) is 0 Å². The van der Waals surface area contributed by atoms with Crippen molar-refractivity contribution in [3.05, 3.63) is 65.7 Å². The van der Waals surface area contributed by atoms with E-state index in [1.807, 2.05) is 43.3 Å². The number of amides is 2. The number of aryl methyl sites for hydroxylation is 2. The highest BCUT2D eigenvalue weighted by atomic mass is 16.2. The Morgan fingerprint density at radius 2 is 1.70 bits per heavy atom. The molecule has 0 spiro atoms. The highest BCUT2D eigenvalue weighted by molar-refractivity contribution is 6.39. The summed E-state index contributed by atoms with van der Waals surface area (Å²) in [6, 6.07) is 17.6. The fourth-order valence-electron chi connectivity index (χ4n) is 2.29. The maximum absolute atomic E-state index is 11.8. The molecule has 0 heterocycles. The van der Waals surface area contributed by atoms with Crippen molar-refractivity contribution in [2.75, 3.05) is 11.9 Å². The summed E-state index contributed by atoms with van der Waals surface area (Å²) in [6.45, 7) is 2.44. The van der Waals surface area contributed by atoms with Crippen molar-refractivity contribution in [2.45, 2.75) is 26.2 Å². The first-order valence-electron chi connectivity index (χ1n) is 7.85. The maximum atomic E-state index is 11.8. The Labute approximate surface area is 136 Å². The standard InChI is InChI=1S/C19H22N2O2/c1-15-8-7-12-17(14-15)21-19(23)18(22)20-13-6-5-11-16-9-3-2-4-10-16/h2-4,7-10,12,14H,5-6,11,13H2,1H3,(H,20,22)(H,21,23). The number of unbranched alkanes of at least 4 members (excludes halogenated alkanes) is 1. The topological polar surface area (TPSA) is 58.2 Å². The van der Waals surface area contributed by atoms with E-state index in [9.17, 15) is 9.59 Å². The Hall–Kier alpha value is -2.62. The van der Waals surface area contributed by atoms with Crippen LogP contribution in [-0.2, 0) is 16.0 Å². The lowest BCUT2D eigenvalue weighted by Crippen LogP contribution is -2.35. The first-order valence-corrected chi connectivity index (χ1v) is 7.85. The van der Waals surface area contributed by atoms with Crippen molar-refractivity contribution in [3.8, 4) is 0 Å². The van der Waals surface area contributed by atoms with Crippen LogP contribution < -0.4 is 10.6 Å². The van der Waals surface area contributed by atoms with Gasteiger partial charge in [0, 0.05) is 12.2 Å². The highest BCUT2D eigenvalue weighted by Crippen LogP contribution is 2.09. The molecule has 0 aliphatic carbocycles. The van der Waals surface area contributed by atoms with E-state index >= 15 is 0 Å². The third kappa shape index (κ3) is 5.94. The van der Waals surface area contributed by atoms with E-state index in [1.54, 1.807) is 6.07 Å². The predicted molar refractivity (Wildman–Crippen MR) is 92.2 cm³/mol.